The van der Waals surface area contributed by atoms with Crippen molar-refractivity contribution in [1.29, 1.82) is 0 Å². The second-order valence-electron chi connectivity index (χ2n) is 8.38. The molecule has 10 heteroatoms. The molecule has 4 aromatic rings. The lowest BCUT2D eigenvalue weighted by molar-refractivity contribution is -0.0992. The van der Waals surface area contributed by atoms with Gasteiger partial charge in [0.05, 0.1) is 16.8 Å². The first-order chi connectivity index (χ1) is 17.4. The van der Waals surface area contributed by atoms with E-state index in [-0.39, 0.29) is 12.1 Å². The number of hydrogen-bond acceptors (Lipinski definition) is 6. The van der Waals surface area contributed by atoms with E-state index in [2.05, 4.69) is 10.1 Å². The zero-order valence-corrected chi connectivity index (χ0v) is 20.2. The molecule has 0 aliphatic carbocycles. The summed E-state index contributed by atoms with van der Waals surface area (Å²) in [6.45, 7) is 0.533. The van der Waals surface area contributed by atoms with Crippen LogP contribution in [0.1, 0.15) is 22.3 Å². The molecule has 1 atom stereocenters. The highest BCUT2D eigenvalue weighted by atomic mass is 32.2. The Morgan fingerprint density at radius 3 is 2.53 bits per heavy atom. The summed E-state index contributed by atoms with van der Waals surface area (Å²) in [4.78, 5) is 22.1. The molecule has 0 saturated heterocycles. The molecule has 0 radical (unpaired) electrons. The van der Waals surface area contributed by atoms with E-state index in [1.165, 1.54) is 34.0 Å². The summed E-state index contributed by atoms with van der Waals surface area (Å²) in [6, 6.07) is 18.0. The maximum atomic E-state index is 15.1. The van der Waals surface area contributed by atoms with Crippen molar-refractivity contribution in [2.24, 2.45) is 0 Å². The molecule has 1 amide bonds. The van der Waals surface area contributed by atoms with Crippen molar-refractivity contribution in [3.8, 4) is 0 Å². The molecule has 1 aliphatic heterocycles. The van der Waals surface area contributed by atoms with Crippen molar-refractivity contribution in [2.45, 2.75) is 28.6 Å². The number of anilines is 1. The molecule has 1 N–H and O–H groups in total. The van der Waals surface area contributed by atoms with Crippen LogP contribution in [0.3, 0.4) is 0 Å². The van der Waals surface area contributed by atoms with Gasteiger partial charge in [0, 0.05) is 36.0 Å². The van der Waals surface area contributed by atoms with E-state index >= 15 is 4.39 Å². The van der Waals surface area contributed by atoms with Gasteiger partial charge < -0.3 is 10.0 Å². The standard InChI is InChI=1S/C26H23F2N5O2S/c1-31-24-15-20(36-19-6-3-2-4-7-19)9-10-21(24)25(34)33(13-5-12-32-17-29-16-30-32)26(31,35)22-11-8-18(27)14-23(22)28/h2-4,6-11,14-17,35H,5,12-13H2,1H3. The molecule has 184 valence electrons. The first-order valence-corrected chi connectivity index (χ1v) is 12.1. The van der Waals surface area contributed by atoms with Crippen molar-refractivity contribution >= 4 is 23.4 Å². The first-order valence-electron chi connectivity index (χ1n) is 11.3. The molecule has 1 aliphatic rings. The lowest BCUT2D eigenvalue weighted by Gasteiger charge is -2.50. The number of carbonyl (C=O) groups is 1. The third-order valence-electron chi connectivity index (χ3n) is 6.16. The number of benzene rings is 3. The average Bonchev–Trinajstić information content (AvgIpc) is 3.39. The van der Waals surface area contributed by atoms with Crippen molar-refractivity contribution in [3.05, 3.63) is 102 Å². The lowest BCUT2D eigenvalue weighted by Crippen LogP contribution is -2.63. The van der Waals surface area contributed by atoms with Gasteiger partial charge in [-0.25, -0.2) is 13.8 Å². The summed E-state index contributed by atoms with van der Waals surface area (Å²) in [5, 5.41) is 16.1. The number of fused-ring (bicyclic) bond motifs is 1. The van der Waals surface area contributed by atoms with E-state index in [1.807, 2.05) is 36.4 Å². The summed E-state index contributed by atoms with van der Waals surface area (Å²) in [7, 11) is 1.59. The smallest absolute Gasteiger partial charge is 0.259 e. The van der Waals surface area contributed by atoms with Gasteiger partial charge in [-0.15, -0.1) is 0 Å². The summed E-state index contributed by atoms with van der Waals surface area (Å²) < 4.78 is 30.4. The van der Waals surface area contributed by atoms with Crippen LogP contribution in [0.15, 0.2) is 89.2 Å². The Kier molecular flexibility index (Phi) is 6.46. The maximum Gasteiger partial charge on any atom is 0.259 e. The van der Waals surface area contributed by atoms with Crippen LogP contribution in [0.4, 0.5) is 14.5 Å². The van der Waals surface area contributed by atoms with Crippen molar-refractivity contribution in [2.75, 3.05) is 18.5 Å². The van der Waals surface area contributed by atoms with E-state index in [0.29, 0.717) is 30.3 Å². The SMILES string of the molecule is CN1c2cc(Sc3ccccc3)ccc2C(=O)N(CCCn2cncn2)C1(O)c1ccc(F)cc1F. The van der Waals surface area contributed by atoms with E-state index in [0.717, 1.165) is 15.9 Å². The van der Waals surface area contributed by atoms with Gasteiger partial charge in [0.15, 0.2) is 0 Å². The monoisotopic (exact) mass is 507 g/mol. The molecule has 5 rings (SSSR count). The Morgan fingerprint density at radius 1 is 1.00 bits per heavy atom. The lowest BCUT2D eigenvalue weighted by atomic mass is 9.98. The normalized spacial score (nSPS) is 17.4. The predicted molar refractivity (Wildman–Crippen MR) is 131 cm³/mol. The van der Waals surface area contributed by atoms with Crippen LogP contribution in [0.2, 0.25) is 0 Å². The number of aromatic nitrogens is 3. The van der Waals surface area contributed by atoms with Crippen molar-refractivity contribution < 1.29 is 18.7 Å². The topological polar surface area (TPSA) is 74.5 Å². The number of carbonyl (C=O) groups excluding carboxylic acids is 1. The fourth-order valence-electron chi connectivity index (χ4n) is 4.38. The Morgan fingerprint density at radius 2 is 1.81 bits per heavy atom. The molecule has 1 unspecified atom stereocenters. The highest BCUT2D eigenvalue weighted by Gasteiger charge is 2.50. The van der Waals surface area contributed by atoms with Gasteiger partial charge in [0.1, 0.15) is 24.3 Å². The number of nitrogens with zero attached hydrogens (tertiary/aromatic N) is 5. The molecule has 0 saturated carbocycles. The number of hydrogen-bond donors (Lipinski definition) is 1. The summed E-state index contributed by atoms with van der Waals surface area (Å²) in [5.74, 6) is -4.36. The highest BCUT2D eigenvalue weighted by molar-refractivity contribution is 7.99. The minimum atomic E-state index is -2.18. The van der Waals surface area contributed by atoms with E-state index in [4.69, 9.17) is 0 Å². The van der Waals surface area contributed by atoms with Gasteiger partial charge in [-0.1, -0.05) is 30.0 Å². The summed E-state index contributed by atoms with van der Waals surface area (Å²) in [6.07, 6.45) is 3.38. The van der Waals surface area contributed by atoms with Gasteiger partial charge in [0.25, 0.3) is 11.8 Å². The number of amides is 1. The molecular formula is C26H23F2N5O2S. The minimum Gasteiger partial charge on any atom is -0.350 e. The van der Waals surface area contributed by atoms with Gasteiger partial charge in [-0.3, -0.25) is 14.4 Å². The highest BCUT2D eigenvalue weighted by Crippen LogP contribution is 2.43. The quantitative estimate of drug-likeness (QED) is 0.397. The molecule has 0 bridgehead atoms. The Hall–Kier alpha value is -3.76. The Balaban J connectivity index is 1.55. The van der Waals surface area contributed by atoms with E-state index in [9.17, 15) is 14.3 Å². The molecule has 1 aromatic heterocycles. The van der Waals surface area contributed by atoms with Crippen LogP contribution in [0, 0.1) is 11.6 Å². The molecule has 0 fully saturated rings. The van der Waals surface area contributed by atoms with Gasteiger partial charge in [0.2, 0.25) is 0 Å². The minimum absolute atomic E-state index is 0.0936. The Labute approximate surface area is 211 Å². The third kappa shape index (κ3) is 4.33. The average molecular weight is 508 g/mol. The maximum absolute atomic E-state index is 15.1. The second-order valence-corrected chi connectivity index (χ2v) is 9.53. The Bertz CT molecular complexity index is 1390. The van der Waals surface area contributed by atoms with Gasteiger partial charge in [-0.05, 0) is 48.9 Å². The zero-order valence-electron chi connectivity index (χ0n) is 19.4. The number of aryl methyl sites for hydroxylation is 1. The van der Waals surface area contributed by atoms with E-state index < -0.39 is 23.4 Å². The van der Waals surface area contributed by atoms with Gasteiger partial charge >= 0.3 is 0 Å². The molecule has 36 heavy (non-hydrogen) atoms. The zero-order chi connectivity index (χ0) is 25.3. The van der Waals surface area contributed by atoms with Crippen LogP contribution in [0.5, 0.6) is 0 Å². The summed E-state index contributed by atoms with van der Waals surface area (Å²) >= 11 is 1.51. The number of aliphatic hydroxyl groups is 1. The molecule has 3 aromatic carbocycles. The molecule has 2 heterocycles. The van der Waals surface area contributed by atoms with Crippen LogP contribution >= 0.6 is 11.8 Å². The van der Waals surface area contributed by atoms with Crippen LogP contribution in [-0.4, -0.2) is 44.3 Å². The number of halogens is 2. The first kappa shape index (κ1) is 24.0. The van der Waals surface area contributed by atoms with Crippen molar-refractivity contribution in [1.82, 2.24) is 19.7 Å². The van der Waals surface area contributed by atoms with Crippen LogP contribution in [0.25, 0.3) is 0 Å². The fourth-order valence-corrected chi connectivity index (χ4v) is 5.25. The van der Waals surface area contributed by atoms with Crippen molar-refractivity contribution in [3.63, 3.8) is 0 Å². The fraction of sp³-hybridized carbons (Fsp3) is 0.192. The molecular weight excluding hydrogens is 484 g/mol. The number of rotatable bonds is 7. The van der Waals surface area contributed by atoms with Crippen LogP contribution < -0.4 is 4.90 Å². The molecule has 7 nitrogen and oxygen atoms in total. The van der Waals surface area contributed by atoms with E-state index in [1.54, 1.807) is 30.2 Å². The van der Waals surface area contributed by atoms with Gasteiger partial charge in [-0.2, -0.15) is 5.10 Å². The largest absolute Gasteiger partial charge is 0.350 e. The molecule has 0 spiro atoms. The van der Waals surface area contributed by atoms with Crippen LogP contribution in [-0.2, 0) is 12.4 Å². The predicted octanol–water partition coefficient (Wildman–Crippen LogP) is 4.49. The third-order valence-corrected chi connectivity index (χ3v) is 7.15. The second kappa shape index (κ2) is 9.71. The summed E-state index contributed by atoms with van der Waals surface area (Å²) in [5.41, 5.74) is 0.606.